The van der Waals surface area contributed by atoms with Gasteiger partial charge in [-0.05, 0) is 58.8 Å². The van der Waals surface area contributed by atoms with E-state index < -0.39 is 29.0 Å². The minimum absolute atomic E-state index is 0.00519. The molecule has 0 bridgehead atoms. The summed E-state index contributed by atoms with van der Waals surface area (Å²) in [5.41, 5.74) is -0.919. The van der Waals surface area contributed by atoms with Gasteiger partial charge in [-0.15, -0.1) is 0 Å². The Labute approximate surface area is 175 Å². The Morgan fingerprint density at radius 2 is 1.89 bits per heavy atom. The van der Waals surface area contributed by atoms with Gasteiger partial charge in [0, 0.05) is 21.1 Å². The van der Waals surface area contributed by atoms with Crippen molar-refractivity contribution in [2.45, 2.75) is 38.2 Å². The minimum Gasteiger partial charge on any atom is -0.386 e. The topological polar surface area (TPSA) is 40.5 Å². The number of halogens is 4. The van der Waals surface area contributed by atoms with E-state index in [0.29, 0.717) is 9.99 Å². The second kappa shape index (κ2) is 8.41. The highest BCUT2D eigenvalue weighted by Crippen LogP contribution is 2.30. The van der Waals surface area contributed by atoms with Crippen LogP contribution in [0.2, 0.25) is 0 Å². The average molecular weight is 503 g/mol. The third-order valence-corrected chi connectivity index (χ3v) is 5.73. The Bertz CT molecular complexity index is 897. The number of carbonyl (C=O) groups is 1. The number of carbonyl (C=O) groups excluding carboxylic acids is 1. The molecule has 3 nitrogen and oxygen atoms in total. The number of benzene rings is 2. The molecule has 0 aliphatic carbocycles. The molecule has 7 heteroatoms. The summed E-state index contributed by atoms with van der Waals surface area (Å²) in [5.74, 6) is -3.25. The van der Waals surface area contributed by atoms with Crippen LogP contribution in [0.1, 0.15) is 47.7 Å². The van der Waals surface area contributed by atoms with E-state index in [4.69, 9.17) is 0 Å². The summed E-state index contributed by atoms with van der Waals surface area (Å²) >= 11 is 1.96. The smallest absolute Gasteiger partial charge is 0.254 e. The van der Waals surface area contributed by atoms with Crippen molar-refractivity contribution in [3.8, 4) is 0 Å². The van der Waals surface area contributed by atoms with E-state index in [1.165, 1.54) is 23.1 Å². The molecular formula is C21H21F3INO2. The van der Waals surface area contributed by atoms with Gasteiger partial charge in [0.15, 0.2) is 11.6 Å². The Balaban J connectivity index is 1.86. The first-order chi connectivity index (χ1) is 13.2. The van der Waals surface area contributed by atoms with Crippen LogP contribution in [0.15, 0.2) is 30.3 Å². The lowest BCUT2D eigenvalue weighted by molar-refractivity contribution is -0.0867. The van der Waals surface area contributed by atoms with E-state index >= 15 is 0 Å². The second-order valence-corrected chi connectivity index (χ2v) is 8.53. The molecule has 0 aromatic heterocycles. The molecular weight excluding hydrogens is 482 g/mol. The molecule has 3 rings (SSSR count). The Kier molecular flexibility index (Phi) is 6.34. The third kappa shape index (κ3) is 4.35. The molecule has 0 unspecified atom stereocenters. The van der Waals surface area contributed by atoms with E-state index in [0.717, 1.165) is 18.9 Å². The number of hydrogen-bond acceptors (Lipinski definition) is 2. The lowest BCUT2D eigenvalue weighted by atomic mass is 9.87. The highest BCUT2D eigenvalue weighted by molar-refractivity contribution is 14.1. The molecule has 0 spiro atoms. The van der Waals surface area contributed by atoms with Gasteiger partial charge < -0.3 is 10.0 Å². The number of nitrogens with zero attached hydrogens (tertiary/aromatic N) is 1. The molecule has 28 heavy (non-hydrogen) atoms. The van der Waals surface area contributed by atoms with Crippen LogP contribution >= 0.6 is 22.6 Å². The van der Waals surface area contributed by atoms with Crippen molar-refractivity contribution in [3.63, 3.8) is 0 Å². The molecule has 0 radical (unpaired) electrons. The van der Waals surface area contributed by atoms with Gasteiger partial charge in [-0.1, -0.05) is 25.8 Å². The van der Waals surface area contributed by atoms with Crippen molar-refractivity contribution in [2.75, 3.05) is 13.1 Å². The van der Waals surface area contributed by atoms with Gasteiger partial charge in [0.05, 0.1) is 18.7 Å². The van der Waals surface area contributed by atoms with E-state index in [-0.39, 0.29) is 36.2 Å². The maximum Gasteiger partial charge on any atom is 0.254 e. The third-order valence-electron chi connectivity index (χ3n) is 5.06. The van der Waals surface area contributed by atoms with Crippen molar-refractivity contribution in [1.82, 2.24) is 4.90 Å². The molecule has 1 aliphatic rings. The zero-order valence-electron chi connectivity index (χ0n) is 15.4. The molecule has 1 N–H and O–H groups in total. The summed E-state index contributed by atoms with van der Waals surface area (Å²) in [7, 11) is 0. The molecule has 2 aromatic carbocycles. The normalized spacial score (nSPS) is 15.4. The molecule has 2 aromatic rings. The lowest BCUT2D eigenvalue weighted by Crippen LogP contribution is -2.63. The summed E-state index contributed by atoms with van der Waals surface area (Å²) < 4.78 is 43.2. The van der Waals surface area contributed by atoms with Crippen molar-refractivity contribution in [3.05, 3.63) is 68.0 Å². The Hall–Kier alpha value is -1.61. The molecule has 1 saturated heterocycles. The number of unbranched alkanes of at least 4 members (excludes halogenated alkanes) is 1. The van der Waals surface area contributed by atoms with Gasteiger partial charge in [0.25, 0.3) is 5.91 Å². The van der Waals surface area contributed by atoms with Crippen molar-refractivity contribution < 1.29 is 23.1 Å². The number of amides is 1. The van der Waals surface area contributed by atoms with Crippen LogP contribution in [-0.4, -0.2) is 34.6 Å². The molecule has 0 atom stereocenters. The van der Waals surface area contributed by atoms with Crippen LogP contribution in [-0.2, 0) is 6.42 Å². The van der Waals surface area contributed by atoms with Crippen LogP contribution in [0.5, 0.6) is 0 Å². The van der Waals surface area contributed by atoms with Crippen LogP contribution in [0.25, 0.3) is 0 Å². The van der Waals surface area contributed by atoms with E-state index in [1.54, 1.807) is 6.07 Å². The Morgan fingerprint density at radius 3 is 2.54 bits per heavy atom. The van der Waals surface area contributed by atoms with Gasteiger partial charge in [-0.2, -0.15) is 0 Å². The van der Waals surface area contributed by atoms with Gasteiger partial charge in [-0.3, -0.25) is 4.79 Å². The molecule has 0 saturated carbocycles. The van der Waals surface area contributed by atoms with Crippen LogP contribution in [0.3, 0.4) is 0 Å². The summed E-state index contributed by atoms with van der Waals surface area (Å²) in [6, 6.07) is 6.60. The number of likely N-dealkylation sites (tertiary alicyclic amines) is 1. The molecule has 1 aliphatic heterocycles. The highest BCUT2D eigenvalue weighted by atomic mass is 127. The lowest BCUT2D eigenvalue weighted by Gasteiger charge is -2.46. The predicted molar refractivity (Wildman–Crippen MR) is 109 cm³/mol. The maximum absolute atomic E-state index is 14.5. The fourth-order valence-electron chi connectivity index (χ4n) is 3.46. The first-order valence-electron chi connectivity index (χ1n) is 9.16. The summed E-state index contributed by atoms with van der Waals surface area (Å²) in [6.07, 6.45) is 2.14. The summed E-state index contributed by atoms with van der Waals surface area (Å²) in [5, 5.41) is 10.4. The zero-order chi connectivity index (χ0) is 20.5. The minimum atomic E-state index is -1.15. The number of rotatable bonds is 6. The second-order valence-electron chi connectivity index (χ2n) is 7.29. The summed E-state index contributed by atoms with van der Waals surface area (Å²) in [4.78, 5) is 14.2. The fraction of sp³-hybridized carbons (Fsp3) is 0.381. The maximum atomic E-state index is 14.5. The predicted octanol–water partition coefficient (Wildman–Crippen LogP) is 4.68. The SMILES string of the molecule is CCCCC1(O)CN(C(=O)c2ccc(F)c(F)c2Cc2ccc(I)cc2F)C1. The number of hydrogen-bond donors (Lipinski definition) is 1. The standard InChI is InChI=1S/C21H21F3INO2/c1-2-3-8-21(28)11-26(12-21)20(27)15-6-7-17(22)19(24)16(15)9-13-4-5-14(25)10-18(13)23/h4-7,10,28H,2-3,8-9,11-12H2,1H3. The monoisotopic (exact) mass is 503 g/mol. The number of aliphatic hydroxyl groups is 1. The van der Waals surface area contributed by atoms with Crippen LogP contribution < -0.4 is 0 Å². The van der Waals surface area contributed by atoms with Gasteiger partial charge in [-0.25, -0.2) is 13.2 Å². The largest absolute Gasteiger partial charge is 0.386 e. The molecule has 1 heterocycles. The summed E-state index contributed by atoms with van der Waals surface area (Å²) in [6.45, 7) is 2.33. The van der Waals surface area contributed by atoms with Gasteiger partial charge in [0.2, 0.25) is 0 Å². The van der Waals surface area contributed by atoms with Gasteiger partial charge >= 0.3 is 0 Å². The van der Waals surface area contributed by atoms with E-state index in [1.807, 2.05) is 29.5 Å². The van der Waals surface area contributed by atoms with Crippen LogP contribution in [0, 0.1) is 21.0 Å². The molecule has 1 fully saturated rings. The quantitative estimate of drug-likeness (QED) is 0.582. The molecule has 1 amide bonds. The fourth-order valence-corrected chi connectivity index (χ4v) is 3.92. The Morgan fingerprint density at radius 1 is 1.18 bits per heavy atom. The van der Waals surface area contributed by atoms with E-state index in [9.17, 15) is 23.1 Å². The first kappa shape index (κ1) is 21.1. The number of β-amino-alcohol motifs (C(OH)–C–C–N with tert-alkyl or cyclic N) is 1. The molecule has 150 valence electrons. The average Bonchev–Trinajstić information content (AvgIpc) is 2.63. The van der Waals surface area contributed by atoms with Crippen LogP contribution in [0.4, 0.5) is 13.2 Å². The van der Waals surface area contributed by atoms with Crippen molar-refractivity contribution in [1.29, 1.82) is 0 Å². The zero-order valence-corrected chi connectivity index (χ0v) is 17.6. The van der Waals surface area contributed by atoms with Crippen molar-refractivity contribution >= 4 is 28.5 Å². The first-order valence-corrected chi connectivity index (χ1v) is 10.2. The van der Waals surface area contributed by atoms with Crippen molar-refractivity contribution in [2.24, 2.45) is 0 Å². The highest BCUT2D eigenvalue weighted by Gasteiger charge is 2.43. The van der Waals surface area contributed by atoms with E-state index in [2.05, 4.69) is 0 Å². The van der Waals surface area contributed by atoms with Gasteiger partial charge in [0.1, 0.15) is 5.82 Å².